The standard InChI is InChI=1S/C17H27N3O2/c1-14(10-12-22-2)18-17(21)20-11-6-9-16(13-20)19-15-7-4-3-5-8-15/h3-5,7-8,14,16,19H,6,9-13H2,1-2H3,(H,18,21)/t14-,16+/m0/s1. The molecule has 122 valence electrons. The van der Waals surface area contributed by atoms with Gasteiger partial charge in [-0.1, -0.05) is 18.2 Å². The SMILES string of the molecule is COCC[C@H](C)NC(=O)N1CCC[C@@H](Nc2ccccc2)C1. The van der Waals surface area contributed by atoms with Gasteiger partial charge in [0.05, 0.1) is 0 Å². The molecule has 0 unspecified atom stereocenters. The van der Waals surface area contributed by atoms with E-state index in [2.05, 4.69) is 22.8 Å². The summed E-state index contributed by atoms with van der Waals surface area (Å²) in [5.41, 5.74) is 1.11. The van der Waals surface area contributed by atoms with Crippen LogP contribution in [0.3, 0.4) is 0 Å². The molecule has 1 heterocycles. The molecule has 5 heteroatoms. The molecule has 1 fully saturated rings. The van der Waals surface area contributed by atoms with Crippen molar-refractivity contribution in [3.63, 3.8) is 0 Å². The Morgan fingerprint density at radius 2 is 2.18 bits per heavy atom. The summed E-state index contributed by atoms with van der Waals surface area (Å²) < 4.78 is 5.05. The van der Waals surface area contributed by atoms with E-state index >= 15 is 0 Å². The van der Waals surface area contributed by atoms with Crippen molar-refractivity contribution >= 4 is 11.7 Å². The Labute approximate surface area is 133 Å². The molecule has 1 aromatic rings. The van der Waals surface area contributed by atoms with Gasteiger partial charge >= 0.3 is 6.03 Å². The first kappa shape index (κ1) is 16.6. The smallest absolute Gasteiger partial charge is 0.317 e. The van der Waals surface area contributed by atoms with Crippen molar-refractivity contribution in [2.24, 2.45) is 0 Å². The number of carbonyl (C=O) groups excluding carboxylic acids is 1. The highest BCUT2D eigenvalue weighted by Gasteiger charge is 2.24. The van der Waals surface area contributed by atoms with Crippen LogP contribution in [0.25, 0.3) is 0 Å². The lowest BCUT2D eigenvalue weighted by Gasteiger charge is -2.34. The summed E-state index contributed by atoms with van der Waals surface area (Å²) in [6.45, 7) is 4.26. The Hall–Kier alpha value is -1.75. The van der Waals surface area contributed by atoms with Gasteiger partial charge in [0.15, 0.2) is 0 Å². The number of nitrogens with zero attached hydrogens (tertiary/aromatic N) is 1. The fraction of sp³-hybridized carbons (Fsp3) is 0.588. The van der Waals surface area contributed by atoms with Crippen LogP contribution in [0.1, 0.15) is 26.2 Å². The predicted molar refractivity (Wildman–Crippen MR) is 89.1 cm³/mol. The maximum absolute atomic E-state index is 12.3. The lowest BCUT2D eigenvalue weighted by molar-refractivity contribution is 0.167. The van der Waals surface area contributed by atoms with Crippen molar-refractivity contribution < 1.29 is 9.53 Å². The molecule has 5 nitrogen and oxygen atoms in total. The first-order valence-corrected chi connectivity index (χ1v) is 8.05. The summed E-state index contributed by atoms with van der Waals surface area (Å²) in [5, 5.41) is 6.56. The van der Waals surface area contributed by atoms with Crippen LogP contribution in [0.15, 0.2) is 30.3 Å². The maximum Gasteiger partial charge on any atom is 0.317 e. The van der Waals surface area contributed by atoms with Crippen LogP contribution in [-0.4, -0.2) is 49.8 Å². The number of rotatable bonds is 6. The zero-order valence-corrected chi connectivity index (χ0v) is 13.5. The average molecular weight is 305 g/mol. The maximum atomic E-state index is 12.3. The third-order valence-corrected chi connectivity index (χ3v) is 3.98. The number of amides is 2. The van der Waals surface area contributed by atoms with Gasteiger partial charge in [-0.3, -0.25) is 0 Å². The minimum absolute atomic E-state index is 0.0307. The molecule has 2 atom stereocenters. The van der Waals surface area contributed by atoms with Crippen molar-refractivity contribution in [1.29, 1.82) is 0 Å². The van der Waals surface area contributed by atoms with Crippen LogP contribution in [0.5, 0.6) is 0 Å². The Kier molecular flexibility index (Phi) is 6.52. The zero-order chi connectivity index (χ0) is 15.8. The van der Waals surface area contributed by atoms with Crippen LogP contribution in [-0.2, 0) is 4.74 Å². The minimum Gasteiger partial charge on any atom is -0.385 e. The Bertz CT molecular complexity index is 452. The average Bonchev–Trinajstić information content (AvgIpc) is 2.54. The van der Waals surface area contributed by atoms with Gasteiger partial charge in [-0.05, 0) is 38.3 Å². The molecule has 1 aliphatic heterocycles. The summed E-state index contributed by atoms with van der Waals surface area (Å²) >= 11 is 0. The number of benzene rings is 1. The van der Waals surface area contributed by atoms with Gasteiger partial charge < -0.3 is 20.3 Å². The van der Waals surface area contributed by atoms with Crippen molar-refractivity contribution in [3.05, 3.63) is 30.3 Å². The number of nitrogens with one attached hydrogen (secondary N) is 2. The van der Waals surface area contributed by atoms with Gasteiger partial charge in [0, 0.05) is 44.6 Å². The molecule has 22 heavy (non-hydrogen) atoms. The third kappa shape index (κ3) is 5.22. The van der Waals surface area contributed by atoms with Gasteiger partial charge in [-0.2, -0.15) is 0 Å². The molecule has 1 aliphatic rings. The van der Waals surface area contributed by atoms with Gasteiger partial charge in [0.1, 0.15) is 0 Å². The molecule has 1 saturated heterocycles. The summed E-state index contributed by atoms with van der Waals surface area (Å²) in [6, 6.07) is 10.7. The van der Waals surface area contributed by atoms with E-state index in [1.165, 1.54) is 0 Å². The van der Waals surface area contributed by atoms with E-state index in [0.29, 0.717) is 12.6 Å². The monoisotopic (exact) mass is 305 g/mol. The molecular weight excluding hydrogens is 278 g/mol. The molecule has 0 aliphatic carbocycles. The largest absolute Gasteiger partial charge is 0.385 e. The molecule has 2 rings (SSSR count). The molecule has 0 saturated carbocycles. The Balaban J connectivity index is 1.81. The van der Waals surface area contributed by atoms with Crippen molar-refractivity contribution in [2.45, 2.75) is 38.3 Å². The lowest BCUT2D eigenvalue weighted by atomic mass is 10.1. The normalized spacial score (nSPS) is 19.5. The molecular formula is C17H27N3O2. The number of piperidine rings is 1. The van der Waals surface area contributed by atoms with Crippen molar-refractivity contribution in [2.75, 3.05) is 32.1 Å². The second-order valence-electron chi connectivity index (χ2n) is 5.93. The molecule has 0 aromatic heterocycles. The van der Waals surface area contributed by atoms with Gasteiger partial charge in [-0.15, -0.1) is 0 Å². The number of anilines is 1. The highest BCUT2D eigenvalue weighted by atomic mass is 16.5. The number of urea groups is 1. The van der Waals surface area contributed by atoms with Crippen LogP contribution in [0.4, 0.5) is 10.5 Å². The van der Waals surface area contributed by atoms with E-state index in [4.69, 9.17) is 4.74 Å². The van der Waals surface area contributed by atoms with Gasteiger partial charge in [0.25, 0.3) is 0 Å². The number of hydrogen-bond donors (Lipinski definition) is 2. The summed E-state index contributed by atoms with van der Waals surface area (Å²) in [7, 11) is 1.68. The van der Waals surface area contributed by atoms with Gasteiger partial charge in [0.2, 0.25) is 0 Å². The molecule has 2 amide bonds. The quantitative estimate of drug-likeness (QED) is 0.849. The summed E-state index contributed by atoms with van der Waals surface area (Å²) in [6.07, 6.45) is 2.96. The first-order valence-electron chi connectivity index (χ1n) is 8.05. The topological polar surface area (TPSA) is 53.6 Å². The van der Waals surface area contributed by atoms with E-state index < -0.39 is 0 Å². The highest BCUT2D eigenvalue weighted by Crippen LogP contribution is 2.16. The van der Waals surface area contributed by atoms with Gasteiger partial charge in [-0.25, -0.2) is 4.79 Å². The molecule has 0 spiro atoms. The second-order valence-corrected chi connectivity index (χ2v) is 5.93. The van der Waals surface area contributed by atoms with E-state index in [1.54, 1.807) is 7.11 Å². The van der Waals surface area contributed by atoms with Crippen molar-refractivity contribution in [1.82, 2.24) is 10.2 Å². The number of hydrogen-bond acceptors (Lipinski definition) is 3. The second kappa shape index (κ2) is 8.63. The zero-order valence-electron chi connectivity index (χ0n) is 13.5. The molecule has 0 radical (unpaired) electrons. The molecule has 0 bridgehead atoms. The van der Waals surface area contributed by atoms with E-state index in [-0.39, 0.29) is 12.1 Å². The summed E-state index contributed by atoms with van der Waals surface area (Å²) in [4.78, 5) is 14.2. The fourth-order valence-electron chi connectivity index (χ4n) is 2.72. The molecule has 1 aromatic carbocycles. The number of methoxy groups -OCH3 is 1. The Morgan fingerprint density at radius 1 is 1.41 bits per heavy atom. The number of carbonyl (C=O) groups is 1. The Morgan fingerprint density at radius 3 is 2.91 bits per heavy atom. The van der Waals surface area contributed by atoms with E-state index in [9.17, 15) is 4.79 Å². The highest BCUT2D eigenvalue weighted by molar-refractivity contribution is 5.74. The third-order valence-electron chi connectivity index (χ3n) is 3.98. The van der Waals surface area contributed by atoms with Crippen LogP contribution in [0.2, 0.25) is 0 Å². The van der Waals surface area contributed by atoms with Crippen LogP contribution < -0.4 is 10.6 Å². The minimum atomic E-state index is 0.0307. The molecule has 2 N–H and O–H groups in total. The summed E-state index contributed by atoms with van der Waals surface area (Å²) in [5.74, 6) is 0. The van der Waals surface area contributed by atoms with Crippen molar-refractivity contribution in [3.8, 4) is 0 Å². The fourth-order valence-corrected chi connectivity index (χ4v) is 2.72. The number of ether oxygens (including phenoxy) is 1. The van der Waals surface area contributed by atoms with Crippen LogP contribution >= 0.6 is 0 Å². The first-order chi connectivity index (χ1) is 10.7. The number of likely N-dealkylation sites (tertiary alicyclic amines) is 1. The predicted octanol–water partition coefficient (Wildman–Crippen LogP) is 2.70. The van der Waals surface area contributed by atoms with E-state index in [0.717, 1.165) is 38.0 Å². The lowest BCUT2D eigenvalue weighted by Crippen LogP contribution is -2.51. The number of para-hydroxylation sites is 1. The van der Waals surface area contributed by atoms with Crippen LogP contribution in [0, 0.1) is 0 Å². The van der Waals surface area contributed by atoms with E-state index in [1.807, 2.05) is 30.0 Å².